The van der Waals surface area contributed by atoms with E-state index >= 15 is 0 Å². The molecule has 0 saturated carbocycles. The Kier molecular flexibility index (Phi) is 3.54. The molecule has 1 saturated heterocycles. The molecule has 7 heteroatoms. The van der Waals surface area contributed by atoms with E-state index in [-0.39, 0.29) is 18.4 Å². The Balaban J connectivity index is 1.77. The fourth-order valence-electron chi connectivity index (χ4n) is 2.61. The van der Waals surface area contributed by atoms with E-state index in [1.165, 1.54) is 7.05 Å². The average Bonchev–Trinajstić information content (AvgIpc) is 3.04. The highest BCUT2D eigenvalue weighted by Crippen LogP contribution is 2.21. The smallest absolute Gasteiger partial charge is 0.325 e. The van der Waals surface area contributed by atoms with Gasteiger partial charge in [0.05, 0.1) is 0 Å². The number of urea groups is 1. The Morgan fingerprint density at radius 1 is 1.32 bits per heavy atom. The van der Waals surface area contributed by atoms with Crippen molar-refractivity contribution in [2.75, 3.05) is 13.6 Å². The van der Waals surface area contributed by atoms with Crippen molar-refractivity contribution >= 4 is 28.7 Å². The summed E-state index contributed by atoms with van der Waals surface area (Å²) in [6.07, 6.45) is 2.23. The maximum absolute atomic E-state index is 12.3. The number of carbonyl (C=O) groups is 3. The van der Waals surface area contributed by atoms with Crippen LogP contribution in [0.1, 0.15) is 5.56 Å². The Labute approximate surface area is 126 Å². The van der Waals surface area contributed by atoms with Crippen LogP contribution in [0.3, 0.4) is 0 Å². The van der Waals surface area contributed by atoms with Gasteiger partial charge in [-0.1, -0.05) is 18.2 Å². The van der Waals surface area contributed by atoms with Crippen molar-refractivity contribution in [3.05, 3.63) is 36.0 Å². The quantitative estimate of drug-likeness (QED) is 0.712. The Morgan fingerprint density at radius 3 is 2.86 bits per heavy atom. The summed E-state index contributed by atoms with van der Waals surface area (Å²) in [6, 6.07) is 6.59. The van der Waals surface area contributed by atoms with Gasteiger partial charge in [0.1, 0.15) is 12.6 Å². The topological polar surface area (TPSA) is 94.3 Å². The Hall–Kier alpha value is -2.83. The van der Waals surface area contributed by atoms with E-state index in [1.807, 2.05) is 30.5 Å². The van der Waals surface area contributed by atoms with Crippen molar-refractivity contribution in [2.24, 2.45) is 0 Å². The van der Waals surface area contributed by atoms with Crippen LogP contribution in [-0.2, 0) is 16.0 Å². The van der Waals surface area contributed by atoms with Gasteiger partial charge in [-0.05, 0) is 11.6 Å². The van der Waals surface area contributed by atoms with Gasteiger partial charge in [0.15, 0.2) is 0 Å². The zero-order valence-electron chi connectivity index (χ0n) is 12.1. The number of rotatable bonds is 4. The molecule has 7 nitrogen and oxygen atoms in total. The fourth-order valence-corrected chi connectivity index (χ4v) is 2.61. The lowest BCUT2D eigenvalue weighted by atomic mass is 10.1. The van der Waals surface area contributed by atoms with Gasteiger partial charge in [-0.25, -0.2) is 4.79 Å². The molecule has 0 unspecified atom stereocenters. The van der Waals surface area contributed by atoms with E-state index in [1.54, 1.807) is 0 Å². The van der Waals surface area contributed by atoms with E-state index in [9.17, 15) is 14.4 Å². The first-order chi connectivity index (χ1) is 10.6. The van der Waals surface area contributed by atoms with Gasteiger partial charge in [0, 0.05) is 30.6 Å². The number of hydrogen-bond donors (Lipinski definition) is 3. The first-order valence-corrected chi connectivity index (χ1v) is 6.97. The minimum Gasteiger partial charge on any atom is -0.361 e. The van der Waals surface area contributed by atoms with Gasteiger partial charge in [-0.3, -0.25) is 14.5 Å². The number of fused-ring (bicyclic) bond motifs is 1. The predicted molar refractivity (Wildman–Crippen MR) is 80.1 cm³/mol. The normalized spacial score (nSPS) is 17.9. The third-order valence-corrected chi connectivity index (χ3v) is 3.79. The number of hydrogen-bond acceptors (Lipinski definition) is 3. The predicted octanol–water partition coefficient (Wildman–Crippen LogP) is 0.377. The lowest BCUT2D eigenvalue weighted by Crippen LogP contribution is -2.40. The van der Waals surface area contributed by atoms with Crippen molar-refractivity contribution in [3.63, 3.8) is 0 Å². The molecule has 4 amide bonds. The minimum absolute atomic E-state index is 0.258. The molecule has 114 valence electrons. The van der Waals surface area contributed by atoms with Crippen LogP contribution in [0.5, 0.6) is 0 Å². The molecule has 1 aromatic carbocycles. The third kappa shape index (κ3) is 2.41. The lowest BCUT2D eigenvalue weighted by Gasteiger charge is -2.11. The number of amides is 4. The van der Waals surface area contributed by atoms with Crippen LogP contribution < -0.4 is 10.6 Å². The molecule has 1 aliphatic heterocycles. The van der Waals surface area contributed by atoms with Crippen molar-refractivity contribution < 1.29 is 14.4 Å². The van der Waals surface area contributed by atoms with Crippen molar-refractivity contribution in [3.8, 4) is 0 Å². The second kappa shape index (κ2) is 5.51. The largest absolute Gasteiger partial charge is 0.361 e. The number of nitrogens with one attached hydrogen (secondary N) is 3. The van der Waals surface area contributed by atoms with Crippen LogP contribution in [0.15, 0.2) is 30.5 Å². The Morgan fingerprint density at radius 2 is 2.09 bits per heavy atom. The molecule has 0 spiro atoms. The molecule has 0 radical (unpaired) electrons. The maximum Gasteiger partial charge on any atom is 0.325 e. The van der Waals surface area contributed by atoms with Crippen molar-refractivity contribution in [1.29, 1.82) is 0 Å². The molecule has 1 aliphatic rings. The number of carbonyl (C=O) groups excluding carboxylic acids is 3. The van der Waals surface area contributed by atoms with Crippen molar-refractivity contribution in [1.82, 2.24) is 20.5 Å². The minimum atomic E-state index is -0.642. The summed E-state index contributed by atoms with van der Waals surface area (Å²) in [5.74, 6) is -0.755. The SMILES string of the molecule is CNC(=O)CN1C(=O)N[C@@H](Cc2c[nH]c3ccccc23)C1=O. The molecule has 1 atom stereocenters. The summed E-state index contributed by atoms with van der Waals surface area (Å²) in [4.78, 5) is 39.6. The highest BCUT2D eigenvalue weighted by Gasteiger charge is 2.38. The number of likely N-dealkylation sites (N-methyl/N-ethyl adjacent to an activating group) is 1. The zero-order chi connectivity index (χ0) is 15.7. The summed E-state index contributed by atoms with van der Waals surface area (Å²) in [7, 11) is 1.46. The van der Waals surface area contributed by atoms with E-state index in [0.29, 0.717) is 6.42 Å². The third-order valence-electron chi connectivity index (χ3n) is 3.79. The van der Waals surface area contributed by atoms with Crippen LogP contribution >= 0.6 is 0 Å². The van der Waals surface area contributed by atoms with Crippen LogP contribution in [0, 0.1) is 0 Å². The van der Waals surface area contributed by atoms with Crippen molar-refractivity contribution in [2.45, 2.75) is 12.5 Å². The number of imide groups is 1. The number of nitrogens with zero attached hydrogens (tertiary/aromatic N) is 1. The molecule has 3 N–H and O–H groups in total. The fraction of sp³-hybridized carbons (Fsp3) is 0.267. The molecule has 0 bridgehead atoms. The molecule has 3 rings (SSSR count). The van der Waals surface area contributed by atoms with Gasteiger partial charge in [-0.2, -0.15) is 0 Å². The van der Waals surface area contributed by atoms with Crippen LogP contribution in [0.25, 0.3) is 10.9 Å². The maximum atomic E-state index is 12.3. The highest BCUT2D eigenvalue weighted by atomic mass is 16.2. The standard InChI is InChI=1S/C15H16N4O3/c1-16-13(20)8-19-14(21)12(18-15(19)22)6-9-7-17-11-5-3-2-4-10(9)11/h2-5,7,12,17H,6,8H2,1H3,(H,16,20)(H,18,22)/t12-/m0/s1. The van der Waals surface area contributed by atoms with Gasteiger partial charge in [0.2, 0.25) is 5.91 Å². The van der Waals surface area contributed by atoms with Gasteiger partial charge in [-0.15, -0.1) is 0 Å². The average molecular weight is 300 g/mol. The number of benzene rings is 1. The van der Waals surface area contributed by atoms with Gasteiger partial charge < -0.3 is 15.6 Å². The summed E-state index contributed by atoms with van der Waals surface area (Å²) in [5, 5.41) is 6.05. The van der Waals surface area contributed by atoms with E-state index in [4.69, 9.17) is 0 Å². The summed E-state index contributed by atoms with van der Waals surface area (Å²) < 4.78 is 0. The van der Waals surface area contributed by atoms with E-state index in [2.05, 4.69) is 15.6 Å². The summed E-state index contributed by atoms with van der Waals surface area (Å²) >= 11 is 0. The van der Waals surface area contributed by atoms with E-state index < -0.39 is 12.1 Å². The molecular weight excluding hydrogens is 284 g/mol. The summed E-state index contributed by atoms with van der Waals surface area (Å²) in [5.41, 5.74) is 1.94. The number of aromatic nitrogens is 1. The van der Waals surface area contributed by atoms with Crippen LogP contribution in [-0.4, -0.2) is 47.4 Å². The van der Waals surface area contributed by atoms with Crippen LogP contribution in [0.2, 0.25) is 0 Å². The van der Waals surface area contributed by atoms with E-state index in [0.717, 1.165) is 21.4 Å². The summed E-state index contributed by atoms with van der Waals surface area (Å²) in [6.45, 7) is -0.258. The van der Waals surface area contributed by atoms with Crippen LogP contribution in [0.4, 0.5) is 4.79 Å². The zero-order valence-corrected chi connectivity index (χ0v) is 12.1. The Bertz CT molecular complexity index is 752. The molecule has 2 aromatic rings. The second-order valence-corrected chi connectivity index (χ2v) is 5.16. The second-order valence-electron chi connectivity index (χ2n) is 5.16. The van der Waals surface area contributed by atoms with Gasteiger partial charge >= 0.3 is 6.03 Å². The lowest BCUT2D eigenvalue weighted by molar-refractivity contribution is -0.132. The number of H-pyrrole nitrogens is 1. The monoisotopic (exact) mass is 300 g/mol. The molecule has 0 aliphatic carbocycles. The number of para-hydroxylation sites is 1. The first kappa shape index (κ1) is 14.1. The molecule has 22 heavy (non-hydrogen) atoms. The first-order valence-electron chi connectivity index (χ1n) is 6.97. The molecular formula is C15H16N4O3. The highest BCUT2D eigenvalue weighted by molar-refractivity contribution is 6.06. The van der Waals surface area contributed by atoms with Gasteiger partial charge in [0.25, 0.3) is 5.91 Å². The molecule has 1 aromatic heterocycles. The number of aromatic amines is 1. The molecule has 1 fully saturated rings. The molecule has 2 heterocycles.